The zero-order valence-corrected chi connectivity index (χ0v) is 12.6. The molecule has 0 spiro atoms. The fourth-order valence-electron chi connectivity index (χ4n) is 2.40. The Hall–Kier alpha value is -2.48. The minimum Gasteiger partial charge on any atom is -0.378 e. The number of hydrogen-bond donors (Lipinski definition) is 1. The van der Waals surface area contributed by atoms with Crippen molar-refractivity contribution in [1.29, 1.82) is 0 Å². The van der Waals surface area contributed by atoms with Crippen LogP contribution in [0.5, 0.6) is 0 Å². The molecule has 116 valence electrons. The van der Waals surface area contributed by atoms with E-state index in [1.165, 1.54) is 4.68 Å². The van der Waals surface area contributed by atoms with Crippen LogP contribution in [0.4, 0.5) is 11.6 Å². The van der Waals surface area contributed by atoms with E-state index in [9.17, 15) is 4.79 Å². The second-order valence-corrected chi connectivity index (χ2v) is 5.18. The van der Waals surface area contributed by atoms with Crippen molar-refractivity contribution in [2.24, 2.45) is 7.05 Å². The molecule has 1 amide bonds. The van der Waals surface area contributed by atoms with Gasteiger partial charge >= 0.3 is 0 Å². The molecule has 8 nitrogen and oxygen atoms in total. The maximum Gasteiger partial charge on any atom is 0.258 e. The molecule has 1 aliphatic rings. The molecular weight excluding hydrogens is 284 g/mol. The van der Waals surface area contributed by atoms with Crippen molar-refractivity contribution in [2.75, 3.05) is 36.5 Å². The van der Waals surface area contributed by atoms with Crippen LogP contribution >= 0.6 is 0 Å². The van der Waals surface area contributed by atoms with Gasteiger partial charge in [0.2, 0.25) is 5.95 Å². The lowest BCUT2D eigenvalue weighted by atomic mass is 10.1. The molecule has 0 aliphatic carbocycles. The zero-order valence-electron chi connectivity index (χ0n) is 12.6. The van der Waals surface area contributed by atoms with Crippen LogP contribution in [0.25, 0.3) is 0 Å². The van der Waals surface area contributed by atoms with E-state index >= 15 is 0 Å². The summed E-state index contributed by atoms with van der Waals surface area (Å²) in [7, 11) is 1.67. The number of tetrazole rings is 1. The Morgan fingerprint density at radius 2 is 2.09 bits per heavy atom. The maximum atomic E-state index is 12.3. The number of carbonyl (C=O) groups excluding carboxylic acids is 1. The zero-order chi connectivity index (χ0) is 15.5. The van der Waals surface area contributed by atoms with Gasteiger partial charge in [-0.05, 0) is 35.0 Å². The molecule has 8 heteroatoms. The van der Waals surface area contributed by atoms with Crippen molar-refractivity contribution in [3.63, 3.8) is 0 Å². The SMILES string of the molecule is Cc1ccc(C(=O)Nc2nnnn2C)cc1N1CCOCC1. The Morgan fingerprint density at radius 1 is 1.32 bits per heavy atom. The second-order valence-electron chi connectivity index (χ2n) is 5.18. The second kappa shape index (κ2) is 6.10. The lowest BCUT2D eigenvalue weighted by Gasteiger charge is -2.30. The first-order chi connectivity index (χ1) is 10.6. The number of carbonyl (C=O) groups is 1. The Labute approximate surface area is 128 Å². The monoisotopic (exact) mass is 302 g/mol. The van der Waals surface area contributed by atoms with E-state index in [0.29, 0.717) is 24.7 Å². The molecule has 0 radical (unpaired) electrons. The first-order valence-electron chi connectivity index (χ1n) is 7.12. The number of benzene rings is 1. The number of anilines is 2. The third-order valence-corrected chi connectivity index (χ3v) is 3.67. The Kier molecular flexibility index (Phi) is 4.01. The van der Waals surface area contributed by atoms with Crippen molar-refractivity contribution < 1.29 is 9.53 Å². The van der Waals surface area contributed by atoms with Gasteiger partial charge in [0, 0.05) is 31.4 Å². The highest BCUT2D eigenvalue weighted by atomic mass is 16.5. The van der Waals surface area contributed by atoms with Crippen LogP contribution in [-0.2, 0) is 11.8 Å². The smallest absolute Gasteiger partial charge is 0.258 e. The summed E-state index contributed by atoms with van der Waals surface area (Å²) in [6.07, 6.45) is 0. The minimum absolute atomic E-state index is 0.229. The van der Waals surface area contributed by atoms with Gasteiger partial charge in [0.1, 0.15) is 0 Å². The van der Waals surface area contributed by atoms with E-state index in [1.807, 2.05) is 19.1 Å². The number of nitrogens with one attached hydrogen (secondary N) is 1. The molecule has 1 fully saturated rings. The van der Waals surface area contributed by atoms with Gasteiger partial charge in [-0.3, -0.25) is 10.1 Å². The third kappa shape index (κ3) is 2.91. The van der Waals surface area contributed by atoms with Crippen LogP contribution in [0.3, 0.4) is 0 Å². The number of nitrogens with zero attached hydrogens (tertiary/aromatic N) is 5. The van der Waals surface area contributed by atoms with Gasteiger partial charge in [-0.2, -0.15) is 0 Å². The highest BCUT2D eigenvalue weighted by molar-refractivity contribution is 6.04. The first kappa shape index (κ1) is 14.5. The molecule has 1 aromatic carbocycles. The number of amides is 1. The third-order valence-electron chi connectivity index (χ3n) is 3.67. The number of hydrogen-bond acceptors (Lipinski definition) is 6. The van der Waals surface area contributed by atoms with Crippen LogP contribution in [-0.4, -0.2) is 52.4 Å². The van der Waals surface area contributed by atoms with E-state index in [2.05, 4.69) is 25.7 Å². The number of ether oxygens (including phenoxy) is 1. The van der Waals surface area contributed by atoms with Crippen molar-refractivity contribution in [3.8, 4) is 0 Å². The lowest BCUT2D eigenvalue weighted by Crippen LogP contribution is -2.36. The van der Waals surface area contributed by atoms with Gasteiger partial charge in [-0.25, -0.2) is 4.68 Å². The number of aryl methyl sites for hydroxylation is 2. The van der Waals surface area contributed by atoms with Crippen molar-refractivity contribution in [3.05, 3.63) is 29.3 Å². The summed E-state index contributed by atoms with van der Waals surface area (Å²) in [5.74, 6) is 0.0888. The molecule has 1 aliphatic heterocycles. The molecule has 0 bridgehead atoms. The van der Waals surface area contributed by atoms with Gasteiger partial charge in [0.05, 0.1) is 13.2 Å². The van der Waals surface area contributed by atoms with E-state index in [0.717, 1.165) is 24.3 Å². The molecule has 0 atom stereocenters. The topological polar surface area (TPSA) is 85.2 Å². The molecule has 1 aromatic heterocycles. The van der Waals surface area contributed by atoms with Crippen LogP contribution in [0.15, 0.2) is 18.2 Å². The van der Waals surface area contributed by atoms with E-state index in [1.54, 1.807) is 13.1 Å². The predicted octanol–water partition coefficient (Wildman–Crippen LogP) is 0.607. The maximum absolute atomic E-state index is 12.3. The molecule has 2 heterocycles. The van der Waals surface area contributed by atoms with Gasteiger partial charge in [-0.15, -0.1) is 0 Å². The largest absolute Gasteiger partial charge is 0.378 e. The van der Waals surface area contributed by atoms with E-state index in [-0.39, 0.29) is 5.91 Å². The number of aromatic nitrogens is 4. The van der Waals surface area contributed by atoms with Gasteiger partial charge in [0.15, 0.2) is 0 Å². The molecule has 0 saturated carbocycles. The van der Waals surface area contributed by atoms with Crippen molar-refractivity contribution >= 4 is 17.5 Å². The summed E-state index contributed by atoms with van der Waals surface area (Å²) < 4.78 is 6.79. The molecule has 0 unspecified atom stereocenters. The fourth-order valence-corrected chi connectivity index (χ4v) is 2.40. The summed E-state index contributed by atoms with van der Waals surface area (Å²) >= 11 is 0. The fraction of sp³-hybridized carbons (Fsp3) is 0.429. The van der Waals surface area contributed by atoms with Crippen molar-refractivity contribution in [1.82, 2.24) is 20.2 Å². The lowest BCUT2D eigenvalue weighted by molar-refractivity contribution is 0.102. The first-order valence-corrected chi connectivity index (χ1v) is 7.12. The Balaban J connectivity index is 1.81. The predicted molar refractivity (Wildman–Crippen MR) is 81.0 cm³/mol. The molecular formula is C14H18N6O2. The summed E-state index contributed by atoms with van der Waals surface area (Å²) in [4.78, 5) is 14.6. The number of rotatable bonds is 3. The molecule has 3 rings (SSSR count). The highest BCUT2D eigenvalue weighted by Gasteiger charge is 2.16. The normalized spacial score (nSPS) is 14.9. The van der Waals surface area contributed by atoms with E-state index < -0.39 is 0 Å². The minimum atomic E-state index is -0.229. The molecule has 1 N–H and O–H groups in total. The Morgan fingerprint density at radius 3 is 2.77 bits per heavy atom. The average molecular weight is 302 g/mol. The van der Waals surface area contributed by atoms with Gasteiger partial charge < -0.3 is 9.64 Å². The van der Waals surface area contributed by atoms with Crippen LogP contribution in [0, 0.1) is 6.92 Å². The molecule has 22 heavy (non-hydrogen) atoms. The Bertz CT molecular complexity index is 678. The van der Waals surface area contributed by atoms with Gasteiger partial charge in [-0.1, -0.05) is 11.2 Å². The summed E-state index contributed by atoms with van der Waals surface area (Å²) in [5.41, 5.74) is 2.78. The molecule has 1 saturated heterocycles. The van der Waals surface area contributed by atoms with Crippen LogP contribution in [0.1, 0.15) is 15.9 Å². The highest BCUT2D eigenvalue weighted by Crippen LogP contribution is 2.23. The standard InChI is InChI=1S/C14H18N6O2/c1-10-3-4-11(9-12(10)20-5-7-22-8-6-20)13(21)15-14-16-17-18-19(14)2/h3-4,9H,5-8H2,1-2H3,(H,15,16,18,21). The average Bonchev–Trinajstić information content (AvgIpc) is 2.93. The van der Waals surface area contributed by atoms with Crippen molar-refractivity contribution in [2.45, 2.75) is 6.92 Å². The van der Waals surface area contributed by atoms with E-state index in [4.69, 9.17) is 4.74 Å². The summed E-state index contributed by atoms with van der Waals surface area (Å²) in [6.45, 7) is 5.12. The number of morpholine rings is 1. The summed E-state index contributed by atoms with van der Waals surface area (Å²) in [6, 6.07) is 5.66. The summed E-state index contributed by atoms with van der Waals surface area (Å²) in [5, 5.41) is 13.6. The van der Waals surface area contributed by atoms with Gasteiger partial charge in [0.25, 0.3) is 5.91 Å². The van der Waals surface area contributed by atoms with Crippen LogP contribution < -0.4 is 10.2 Å². The quantitative estimate of drug-likeness (QED) is 0.894. The van der Waals surface area contributed by atoms with Crippen LogP contribution in [0.2, 0.25) is 0 Å². The molecule has 2 aromatic rings.